The Bertz CT molecular complexity index is 297. The first-order chi connectivity index (χ1) is 7.85. The highest BCUT2D eigenvalue weighted by molar-refractivity contribution is 4.95. The third-order valence-corrected chi connectivity index (χ3v) is 3.91. The van der Waals surface area contributed by atoms with Crippen molar-refractivity contribution in [3.05, 3.63) is 0 Å². The molecule has 1 unspecified atom stereocenters. The normalized spacial score (nSPS) is 47.3. The summed E-state index contributed by atoms with van der Waals surface area (Å²) >= 11 is 0. The quantitative estimate of drug-likeness (QED) is 0.705. The summed E-state index contributed by atoms with van der Waals surface area (Å²) in [6.07, 6.45) is 2.73. The summed E-state index contributed by atoms with van der Waals surface area (Å²) in [5.74, 6) is -0.335. The fourth-order valence-electron chi connectivity index (χ4n) is 3.25. The van der Waals surface area contributed by atoms with Crippen molar-refractivity contribution in [1.82, 2.24) is 0 Å². The minimum atomic E-state index is -0.427. The van der Waals surface area contributed by atoms with Crippen LogP contribution in [0.1, 0.15) is 40.5 Å². The van der Waals surface area contributed by atoms with E-state index in [2.05, 4.69) is 0 Å². The van der Waals surface area contributed by atoms with E-state index >= 15 is 0 Å². The van der Waals surface area contributed by atoms with Crippen LogP contribution in [0, 0.1) is 5.92 Å². The van der Waals surface area contributed by atoms with Gasteiger partial charge in [0.15, 0.2) is 11.6 Å². The van der Waals surface area contributed by atoms with E-state index < -0.39 is 11.6 Å². The van der Waals surface area contributed by atoms with Crippen LogP contribution in [0.3, 0.4) is 0 Å². The molecule has 17 heavy (non-hydrogen) atoms. The van der Waals surface area contributed by atoms with Gasteiger partial charge < -0.3 is 18.9 Å². The van der Waals surface area contributed by atoms with Gasteiger partial charge in [0.25, 0.3) is 0 Å². The van der Waals surface area contributed by atoms with Crippen molar-refractivity contribution < 1.29 is 18.9 Å². The van der Waals surface area contributed by atoms with Crippen molar-refractivity contribution in [1.29, 1.82) is 0 Å². The lowest BCUT2D eigenvalue weighted by Gasteiger charge is -2.24. The number of rotatable bonds is 1. The Morgan fingerprint density at radius 1 is 0.765 bits per heavy atom. The van der Waals surface area contributed by atoms with Gasteiger partial charge in [-0.3, -0.25) is 0 Å². The van der Waals surface area contributed by atoms with E-state index in [1.807, 2.05) is 27.7 Å². The molecule has 4 nitrogen and oxygen atoms in total. The van der Waals surface area contributed by atoms with Crippen LogP contribution in [0.4, 0.5) is 0 Å². The fraction of sp³-hybridized carbons (Fsp3) is 1.00. The van der Waals surface area contributed by atoms with Gasteiger partial charge in [0.2, 0.25) is 0 Å². The molecule has 2 heterocycles. The lowest BCUT2D eigenvalue weighted by atomic mass is 10.0. The maximum Gasteiger partial charge on any atom is 0.163 e. The van der Waals surface area contributed by atoms with Gasteiger partial charge in [-0.2, -0.15) is 0 Å². The summed E-state index contributed by atoms with van der Waals surface area (Å²) in [4.78, 5) is 0. The van der Waals surface area contributed by atoms with Crippen LogP contribution >= 0.6 is 0 Å². The maximum absolute atomic E-state index is 5.92. The topological polar surface area (TPSA) is 36.9 Å². The van der Waals surface area contributed by atoms with Crippen LogP contribution in [-0.2, 0) is 18.9 Å². The molecule has 4 heteroatoms. The molecule has 0 bridgehead atoms. The van der Waals surface area contributed by atoms with Crippen LogP contribution in [0.5, 0.6) is 0 Å². The Labute approximate surface area is 103 Å². The van der Waals surface area contributed by atoms with Crippen LogP contribution < -0.4 is 0 Å². The fourth-order valence-corrected chi connectivity index (χ4v) is 3.25. The van der Waals surface area contributed by atoms with E-state index in [-0.39, 0.29) is 18.3 Å². The second-order valence-electron chi connectivity index (χ2n) is 6.31. The van der Waals surface area contributed by atoms with E-state index in [1.165, 1.54) is 0 Å². The largest absolute Gasteiger partial charge is 0.348 e. The van der Waals surface area contributed by atoms with Gasteiger partial charge in [-0.15, -0.1) is 0 Å². The molecule has 3 rings (SSSR count). The summed E-state index contributed by atoms with van der Waals surface area (Å²) in [6, 6.07) is 0. The third kappa shape index (κ3) is 2.24. The summed E-state index contributed by atoms with van der Waals surface area (Å²) in [5.41, 5.74) is 0. The van der Waals surface area contributed by atoms with E-state index in [4.69, 9.17) is 18.9 Å². The van der Waals surface area contributed by atoms with Gasteiger partial charge in [-0.25, -0.2) is 0 Å². The van der Waals surface area contributed by atoms with Crippen molar-refractivity contribution in [3.63, 3.8) is 0 Å². The van der Waals surface area contributed by atoms with Crippen molar-refractivity contribution in [2.24, 2.45) is 5.92 Å². The van der Waals surface area contributed by atoms with E-state index in [0.29, 0.717) is 12.5 Å². The summed E-state index contributed by atoms with van der Waals surface area (Å²) in [6.45, 7) is 8.61. The minimum absolute atomic E-state index is 0.200. The molecular weight excluding hydrogens is 220 g/mol. The molecule has 0 spiro atoms. The van der Waals surface area contributed by atoms with Gasteiger partial charge in [0.05, 0.1) is 24.9 Å². The number of fused-ring (bicyclic) bond motifs is 1. The van der Waals surface area contributed by atoms with Gasteiger partial charge in [0, 0.05) is 0 Å². The maximum atomic E-state index is 5.92. The van der Waals surface area contributed by atoms with Crippen LogP contribution in [-0.4, -0.2) is 36.5 Å². The second-order valence-corrected chi connectivity index (χ2v) is 6.31. The summed E-state index contributed by atoms with van der Waals surface area (Å²) < 4.78 is 23.3. The zero-order chi connectivity index (χ0) is 12.3. The lowest BCUT2D eigenvalue weighted by molar-refractivity contribution is -0.164. The predicted octanol–water partition coefficient (Wildman–Crippen LogP) is 2.07. The Hall–Kier alpha value is -0.160. The van der Waals surface area contributed by atoms with Crippen LogP contribution in [0.15, 0.2) is 0 Å². The van der Waals surface area contributed by atoms with Crippen molar-refractivity contribution in [3.8, 4) is 0 Å². The first-order valence-corrected chi connectivity index (χ1v) is 6.52. The molecule has 2 saturated heterocycles. The van der Waals surface area contributed by atoms with Gasteiger partial charge in [-0.1, -0.05) is 0 Å². The second kappa shape index (κ2) is 3.67. The Morgan fingerprint density at radius 3 is 1.76 bits per heavy atom. The van der Waals surface area contributed by atoms with Gasteiger partial charge in [-0.05, 0) is 46.5 Å². The molecule has 2 aliphatic heterocycles. The van der Waals surface area contributed by atoms with Crippen molar-refractivity contribution >= 4 is 0 Å². The minimum Gasteiger partial charge on any atom is -0.348 e. The molecule has 0 radical (unpaired) electrons. The average Bonchev–Trinajstić information content (AvgIpc) is 2.75. The third-order valence-electron chi connectivity index (χ3n) is 3.91. The molecule has 1 aliphatic carbocycles. The molecule has 0 N–H and O–H groups in total. The number of hydrogen-bond donors (Lipinski definition) is 0. The standard InChI is InChI=1S/C13H22O4/c1-12(2)14-7-11(17-12)8-5-9-10(6-8)16-13(3,4)15-9/h8-11H,5-7H2,1-4H3/t8?,9-,10+,11-/m0/s1. The molecule has 3 fully saturated rings. The van der Waals surface area contributed by atoms with Crippen LogP contribution in [0.2, 0.25) is 0 Å². The van der Waals surface area contributed by atoms with Gasteiger partial charge >= 0.3 is 0 Å². The molecule has 1 saturated carbocycles. The highest BCUT2D eigenvalue weighted by atomic mass is 16.8. The Morgan fingerprint density at radius 2 is 1.29 bits per heavy atom. The summed E-state index contributed by atoms with van der Waals surface area (Å²) in [7, 11) is 0. The zero-order valence-corrected chi connectivity index (χ0v) is 11.1. The van der Waals surface area contributed by atoms with E-state index in [9.17, 15) is 0 Å². The number of hydrogen-bond acceptors (Lipinski definition) is 4. The van der Waals surface area contributed by atoms with Crippen LogP contribution in [0.25, 0.3) is 0 Å². The number of ether oxygens (including phenoxy) is 4. The summed E-state index contributed by atoms with van der Waals surface area (Å²) in [5, 5.41) is 0. The van der Waals surface area contributed by atoms with Crippen molar-refractivity contribution in [2.75, 3.05) is 6.61 Å². The van der Waals surface area contributed by atoms with Gasteiger partial charge in [0.1, 0.15) is 0 Å². The molecule has 4 atom stereocenters. The molecule has 3 aliphatic rings. The Kier molecular flexibility index (Phi) is 2.57. The first kappa shape index (κ1) is 11.9. The predicted molar refractivity (Wildman–Crippen MR) is 61.5 cm³/mol. The van der Waals surface area contributed by atoms with Crippen molar-refractivity contribution in [2.45, 2.75) is 70.4 Å². The highest BCUT2D eigenvalue weighted by Crippen LogP contribution is 2.44. The first-order valence-electron chi connectivity index (χ1n) is 6.52. The molecular formula is C13H22O4. The average molecular weight is 242 g/mol. The molecule has 0 aromatic carbocycles. The molecule has 0 aromatic rings. The lowest BCUT2D eigenvalue weighted by Crippen LogP contribution is -2.28. The zero-order valence-electron chi connectivity index (χ0n) is 11.1. The van der Waals surface area contributed by atoms with E-state index in [1.54, 1.807) is 0 Å². The molecule has 0 aromatic heterocycles. The molecule has 98 valence electrons. The van der Waals surface area contributed by atoms with E-state index in [0.717, 1.165) is 12.8 Å². The smallest absolute Gasteiger partial charge is 0.163 e. The molecule has 0 amide bonds. The Balaban J connectivity index is 1.60. The highest BCUT2D eigenvalue weighted by Gasteiger charge is 2.51. The monoisotopic (exact) mass is 242 g/mol. The SMILES string of the molecule is CC1(C)OC[C@@H](C2C[C@@H]3OC(C)(C)O[C@@H]3C2)O1.